The lowest BCUT2D eigenvalue weighted by Gasteiger charge is -2.35. The van der Waals surface area contributed by atoms with Gasteiger partial charge in [0, 0.05) is 38.3 Å². The monoisotopic (exact) mass is 272 g/mol. The number of hydrogen-bond acceptors (Lipinski definition) is 4. The fraction of sp³-hybridized carbons (Fsp3) is 0.467. The van der Waals surface area contributed by atoms with Gasteiger partial charge >= 0.3 is 0 Å². The van der Waals surface area contributed by atoms with Crippen molar-refractivity contribution in [1.29, 1.82) is 10.5 Å². The number of rotatable bonds is 3. The van der Waals surface area contributed by atoms with E-state index in [1.54, 1.807) is 6.07 Å². The molecule has 5 heteroatoms. The van der Waals surface area contributed by atoms with Crippen LogP contribution < -0.4 is 0 Å². The molecule has 2 rings (SSSR count). The zero-order chi connectivity index (χ0) is 14.5. The Hall–Kier alpha value is -1.95. The quantitative estimate of drug-likeness (QED) is 0.841. The molecule has 1 aliphatic heterocycles. The van der Waals surface area contributed by atoms with Gasteiger partial charge in [-0.3, -0.25) is 9.80 Å². The van der Waals surface area contributed by atoms with Gasteiger partial charge in [0.1, 0.15) is 5.82 Å². The molecule has 0 N–H and O–H groups in total. The summed E-state index contributed by atoms with van der Waals surface area (Å²) in [6, 6.07) is 8.64. The number of hydrogen-bond donors (Lipinski definition) is 0. The maximum Gasteiger partial charge on any atom is 0.127 e. The summed E-state index contributed by atoms with van der Waals surface area (Å²) in [6.07, 6.45) is 0. The maximum absolute atomic E-state index is 13.7. The van der Waals surface area contributed by atoms with Crippen molar-refractivity contribution in [2.45, 2.75) is 19.5 Å². The van der Waals surface area contributed by atoms with Gasteiger partial charge in [0.2, 0.25) is 0 Å². The third kappa shape index (κ3) is 3.33. The van der Waals surface area contributed by atoms with Crippen LogP contribution in [0.3, 0.4) is 0 Å². The topological polar surface area (TPSA) is 54.1 Å². The first kappa shape index (κ1) is 14.5. The third-order valence-electron chi connectivity index (χ3n) is 3.71. The van der Waals surface area contributed by atoms with E-state index in [1.165, 1.54) is 12.1 Å². The summed E-state index contributed by atoms with van der Waals surface area (Å²) in [6.45, 7) is 5.65. The van der Waals surface area contributed by atoms with E-state index in [0.29, 0.717) is 17.7 Å². The molecule has 0 radical (unpaired) electrons. The van der Waals surface area contributed by atoms with Crippen LogP contribution in [0.5, 0.6) is 0 Å². The van der Waals surface area contributed by atoms with Crippen LogP contribution >= 0.6 is 0 Å². The van der Waals surface area contributed by atoms with Crippen LogP contribution in [0, 0.1) is 28.5 Å². The van der Waals surface area contributed by atoms with Gasteiger partial charge in [-0.2, -0.15) is 10.5 Å². The van der Waals surface area contributed by atoms with E-state index < -0.39 is 0 Å². The van der Waals surface area contributed by atoms with E-state index in [4.69, 9.17) is 10.5 Å². The van der Waals surface area contributed by atoms with Crippen LogP contribution in [0.2, 0.25) is 0 Å². The highest BCUT2D eigenvalue weighted by atomic mass is 19.1. The molecule has 1 heterocycles. The zero-order valence-electron chi connectivity index (χ0n) is 11.5. The predicted octanol–water partition coefficient (Wildman–Crippen LogP) is 1.73. The van der Waals surface area contributed by atoms with Crippen LogP contribution in [0.4, 0.5) is 4.39 Å². The second kappa shape index (κ2) is 6.47. The molecule has 1 unspecified atom stereocenters. The van der Waals surface area contributed by atoms with Crippen LogP contribution in [-0.2, 0) is 6.54 Å². The maximum atomic E-state index is 13.7. The molecule has 0 bridgehead atoms. The highest BCUT2D eigenvalue weighted by Crippen LogP contribution is 2.15. The number of nitrogens with zero attached hydrogens (tertiary/aromatic N) is 4. The number of nitriles is 2. The largest absolute Gasteiger partial charge is 0.296 e. The Morgan fingerprint density at radius 2 is 1.95 bits per heavy atom. The number of benzene rings is 1. The Kier molecular flexibility index (Phi) is 4.68. The standard InChI is InChI=1S/C15H17FN4/c1-12(9-17)20-6-4-19(5-7-20)11-14-8-13(10-18)2-3-15(14)16/h2-3,8,12H,4-7,11H2,1H3. The van der Waals surface area contributed by atoms with E-state index in [-0.39, 0.29) is 11.9 Å². The number of piperazine rings is 1. The lowest BCUT2D eigenvalue weighted by Crippen LogP contribution is -2.48. The van der Waals surface area contributed by atoms with Crippen molar-refractivity contribution in [3.8, 4) is 12.1 Å². The molecule has 20 heavy (non-hydrogen) atoms. The van der Waals surface area contributed by atoms with Crippen LogP contribution in [0.25, 0.3) is 0 Å². The average Bonchev–Trinajstić information content (AvgIpc) is 2.49. The minimum atomic E-state index is -0.267. The molecule has 0 aromatic heterocycles. The smallest absolute Gasteiger partial charge is 0.127 e. The molecule has 0 amide bonds. The van der Waals surface area contributed by atoms with E-state index in [0.717, 1.165) is 26.2 Å². The fourth-order valence-electron chi connectivity index (χ4n) is 2.40. The molecule has 1 saturated heterocycles. The Labute approximate surface area is 118 Å². The normalized spacial score (nSPS) is 18.2. The fourth-order valence-corrected chi connectivity index (χ4v) is 2.40. The first-order valence-corrected chi connectivity index (χ1v) is 6.68. The Morgan fingerprint density at radius 3 is 2.55 bits per heavy atom. The van der Waals surface area contributed by atoms with E-state index in [1.807, 2.05) is 13.0 Å². The zero-order valence-corrected chi connectivity index (χ0v) is 11.5. The first-order chi connectivity index (χ1) is 9.63. The Morgan fingerprint density at radius 1 is 1.25 bits per heavy atom. The Balaban J connectivity index is 1.96. The minimum Gasteiger partial charge on any atom is -0.296 e. The van der Waals surface area contributed by atoms with Crippen molar-refractivity contribution < 1.29 is 4.39 Å². The van der Waals surface area contributed by atoms with Gasteiger partial charge in [-0.15, -0.1) is 0 Å². The summed E-state index contributed by atoms with van der Waals surface area (Å²) >= 11 is 0. The summed E-state index contributed by atoms with van der Waals surface area (Å²) in [5, 5.41) is 17.8. The van der Waals surface area contributed by atoms with E-state index in [2.05, 4.69) is 15.9 Å². The summed E-state index contributed by atoms with van der Waals surface area (Å²) in [5.74, 6) is -0.267. The summed E-state index contributed by atoms with van der Waals surface area (Å²) in [7, 11) is 0. The molecule has 104 valence electrons. The molecule has 1 aromatic rings. The molecule has 0 saturated carbocycles. The van der Waals surface area contributed by atoms with Gasteiger partial charge in [0.25, 0.3) is 0 Å². The molecular weight excluding hydrogens is 255 g/mol. The minimum absolute atomic E-state index is 0.0733. The van der Waals surface area contributed by atoms with Gasteiger partial charge in [0.15, 0.2) is 0 Å². The highest BCUT2D eigenvalue weighted by molar-refractivity contribution is 5.33. The predicted molar refractivity (Wildman–Crippen MR) is 73.0 cm³/mol. The Bertz CT molecular complexity index is 550. The average molecular weight is 272 g/mol. The van der Waals surface area contributed by atoms with Crippen molar-refractivity contribution in [3.05, 3.63) is 35.1 Å². The summed E-state index contributed by atoms with van der Waals surface area (Å²) in [5.41, 5.74) is 1.05. The third-order valence-corrected chi connectivity index (χ3v) is 3.71. The van der Waals surface area contributed by atoms with Gasteiger partial charge in [0.05, 0.1) is 23.7 Å². The van der Waals surface area contributed by atoms with Gasteiger partial charge in [-0.1, -0.05) is 0 Å². The van der Waals surface area contributed by atoms with Crippen molar-refractivity contribution in [2.75, 3.05) is 26.2 Å². The van der Waals surface area contributed by atoms with Crippen molar-refractivity contribution in [1.82, 2.24) is 9.80 Å². The molecule has 1 aliphatic rings. The van der Waals surface area contributed by atoms with Crippen molar-refractivity contribution >= 4 is 0 Å². The molecule has 0 aliphatic carbocycles. The molecule has 1 fully saturated rings. The molecular formula is C15H17FN4. The lowest BCUT2D eigenvalue weighted by molar-refractivity contribution is 0.113. The molecule has 1 aromatic carbocycles. The van der Waals surface area contributed by atoms with Gasteiger partial charge in [-0.05, 0) is 25.1 Å². The van der Waals surface area contributed by atoms with Crippen LogP contribution in [0.1, 0.15) is 18.1 Å². The second-order valence-corrected chi connectivity index (χ2v) is 5.04. The molecule has 1 atom stereocenters. The van der Waals surface area contributed by atoms with E-state index in [9.17, 15) is 4.39 Å². The summed E-state index contributed by atoms with van der Waals surface area (Å²) in [4.78, 5) is 4.28. The van der Waals surface area contributed by atoms with Crippen LogP contribution in [-0.4, -0.2) is 42.0 Å². The molecule has 0 spiro atoms. The van der Waals surface area contributed by atoms with E-state index >= 15 is 0 Å². The highest BCUT2D eigenvalue weighted by Gasteiger charge is 2.21. The number of halogens is 1. The SMILES string of the molecule is CC(C#N)N1CCN(Cc2cc(C#N)ccc2F)CC1. The molecule has 4 nitrogen and oxygen atoms in total. The first-order valence-electron chi connectivity index (χ1n) is 6.68. The van der Waals surface area contributed by atoms with Crippen LogP contribution in [0.15, 0.2) is 18.2 Å². The van der Waals surface area contributed by atoms with Crippen molar-refractivity contribution in [3.63, 3.8) is 0 Å². The summed E-state index contributed by atoms with van der Waals surface area (Å²) < 4.78 is 13.7. The van der Waals surface area contributed by atoms with Gasteiger partial charge in [-0.25, -0.2) is 4.39 Å². The van der Waals surface area contributed by atoms with Crippen molar-refractivity contribution in [2.24, 2.45) is 0 Å². The second-order valence-electron chi connectivity index (χ2n) is 5.04. The lowest BCUT2D eigenvalue weighted by atomic mass is 10.1. The van der Waals surface area contributed by atoms with Gasteiger partial charge < -0.3 is 0 Å².